The van der Waals surface area contributed by atoms with Crippen LogP contribution in [0.15, 0.2) is 49.1 Å². The SMILES string of the molecule is Cc1nccc(C2CCCN2C(=O)c2ccc(-n3cccn3)nc2)n1. The number of pyridine rings is 1. The van der Waals surface area contributed by atoms with Gasteiger partial charge >= 0.3 is 0 Å². The zero-order chi connectivity index (χ0) is 17.2. The minimum Gasteiger partial charge on any atom is -0.330 e. The van der Waals surface area contributed by atoms with Crippen LogP contribution in [-0.2, 0) is 0 Å². The van der Waals surface area contributed by atoms with Crippen LogP contribution >= 0.6 is 0 Å². The van der Waals surface area contributed by atoms with Crippen LogP contribution in [0.3, 0.4) is 0 Å². The molecule has 4 heterocycles. The molecule has 3 aromatic heterocycles. The first-order valence-electron chi connectivity index (χ1n) is 8.29. The Morgan fingerprint density at radius 1 is 1.20 bits per heavy atom. The van der Waals surface area contributed by atoms with E-state index >= 15 is 0 Å². The van der Waals surface area contributed by atoms with Crippen molar-refractivity contribution in [1.82, 2.24) is 29.6 Å². The predicted molar refractivity (Wildman–Crippen MR) is 91.1 cm³/mol. The molecule has 7 nitrogen and oxygen atoms in total. The number of likely N-dealkylation sites (tertiary alicyclic amines) is 1. The lowest BCUT2D eigenvalue weighted by Gasteiger charge is -2.24. The van der Waals surface area contributed by atoms with Crippen molar-refractivity contribution in [2.24, 2.45) is 0 Å². The average Bonchev–Trinajstić information content (AvgIpc) is 3.33. The van der Waals surface area contributed by atoms with Crippen LogP contribution in [0, 0.1) is 6.92 Å². The summed E-state index contributed by atoms with van der Waals surface area (Å²) in [6.07, 6.45) is 8.76. The topological polar surface area (TPSA) is 76.8 Å². The van der Waals surface area contributed by atoms with Crippen LogP contribution in [0.4, 0.5) is 0 Å². The van der Waals surface area contributed by atoms with Gasteiger partial charge in [0, 0.05) is 31.3 Å². The van der Waals surface area contributed by atoms with Gasteiger partial charge in [-0.3, -0.25) is 4.79 Å². The molecule has 1 aliphatic heterocycles. The Morgan fingerprint density at radius 2 is 2.12 bits per heavy atom. The van der Waals surface area contributed by atoms with E-state index < -0.39 is 0 Å². The van der Waals surface area contributed by atoms with E-state index in [1.54, 1.807) is 35.4 Å². The van der Waals surface area contributed by atoms with Crippen LogP contribution in [-0.4, -0.2) is 42.1 Å². The Balaban J connectivity index is 1.57. The first-order valence-corrected chi connectivity index (χ1v) is 8.29. The fourth-order valence-corrected chi connectivity index (χ4v) is 3.20. The molecule has 1 aliphatic rings. The Hall–Kier alpha value is -3.09. The molecular formula is C18H18N6O. The molecule has 0 aliphatic carbocycles. The fourth-order valence-electron chi connectivity index (χ4n) is 3.20. The molecule has 0 bridgehead atoms. The van der Waals surface area contributed by atoms with Crippen molar-refractivity contribution in [3.8, 4) is 5.82 Å². The van der Waals surface area contributed by atoms with E-state index in [1.165, 1.54) is 0 Å². The minimum absolute atomic E-state index is 0.00000745. The molecular weight excluding hydrogens is 316 g/mol. The van der Waals surface area contributed by atoms with E-state index in [1.807, 2.05) is 30.2 Å². The number of aromatic nitrogens is 5. The second kappa shape index (κ2) is 6.43. The van der Waals surface area contributed by atoms with Crippen LogP contribution in [0.1, 0.15) is 40.8 Å². The minimum atomic E-state index is -0.0155. The highest BCUT2D eigenvalue weighted by Crippen LogP contribution is 2.31. The number of aryl methyl sites for hydroxylation is 1. The van der Waals surface area contributed by atoms with E-state index in [0.717, 1.165) is 30.9 Å². The van der Waals surface area contributed by atoms with Crippen LogP contribution in [0.25, 0.3) is 5.82 Å². The molecule has 25 heavy (non-hydrogen) atoms. The van der Waals surface area contributed by atoms with E-state index in [0.29, 0.717) is 11.4 Å². The number of hydrogen-bond acceptors (Lipinski definition) is 5. The molecule has 3 aromatic rings. The molecule has 1 fully saturated rings. The second-order valence-electron chi connectivity index (χ2n) is 6.04. The monoisotopic (exact) mass is 334 g/mol. The number of rotatable bonds is 3. The molecule has 4 rings (SSSR count). The lowest BCUT2D eigenvalue weighted by atomic mass is 10.1. The van der Waals surface area contributed by atoms with Crippen molar-refractivity contribution < 1.29 is 4.79 Å². The van der Waals surface area contributed by atoms with Gasteiger partial charge in [0.05, 0.1) is 17.3 Å². The van der Waals surface area contributed by atoms with Gasteiger partial charge in [-0.1, -0.05) is 0 Å². The van der Waals surface area contributed by atoms with Crippen molar-refractivity contribution in [3.63, 3.8) is 0 Å². The van der Waals surface area contributed by atoms with Crippen molar-refractivity contribution in [2.45, 2.75) is 25.8 Å². The highest BCUT2D eigenvalue weighted by molar-refractivity contribution is 5.94. The normalized spacial score (nSPS) is 17.0. The van der Waals surface area contributed by atoms with Gasteiger partial charge in [0.25, 0.3) is 5.91 Å². The summed E-state index contributed by atoms with van der Waals surface area (Å²) < 4.78 is 1.66. The molecule has 0 aromatic carbocycles. The van der Waals surface area contributed by atoms with Gasteiger partial charge in [-0.2, -0.15) is 5.10 Å². The van der Waals surface area contributed by atoms with Crippen molar-refractivity contribution in [1.29, 1.82) is 0 Å². The maximum atomic E-state index is 12.9. The van der Waals surface area contributed by atoms with Crippen LogP contribution in [0.2, 0.25) is 0 Å². The number of amides is 1. The Morgan fingerprint density at radius 3 is 2.84 bits per heavy atom. The van der Waals surface area contributed by atoms with Gasteiger partial charge in [0.15, 0.2) is 5.82 Å². The Labute approximate surface area is 145 Å². The highest BCUT2D eigenvalue weighted by atomic mass is 16.2. The predicted octanol–water partition coefficient (Wildman–Crippen LogP) is 2.34. The van der Waals surface area contributed by atoms with Gasteiger partial charge < -0.3 is 4.90 Å². The van der Waals surface area contributed by atoms with Gasteiger partial charge in [-0.05, 0) is 44.0 Å². The summed E-state index contributed by atoms with van der Waals surface area (Å²) in [6, 6.07) is 7.33. The standard InChI is InChI=1S/C18H18N6O/c1-13-19-9-7-15(22-13)16-4-2-10-23(16)18(25)14-5-6-17(20-12-14)24-11-3-8-21-24/h3,5-9,11-12,16H,2,4,10H2,1H3. The Bertz CT molecular complexity index is 875. The average molecular weight is 334 g/mol. The van der Waals surface area contributed by atoms with Crippen LogP contribution in [0.5, 0.6) is 0 Å². The highest BCUT2D eigenvalue weighted by Gasteiger charge is 2.31. The van der Waals surface area contributed by atoms with E-state index in [-0.39, 0.29) is 11.9 Å². The number of nitrogens with zero attached hydrogens (tertiary/aromatic N) is 6. The molecule has 1 atom stereocenters. The zero-order valence-corrected chi connectivity index (χ0v) is 13.9. The van der Waals surface area contributed by atoms with Gasteiger partial charge in [0.2, 0.25) is 0 Å². The van der Waals surface area contributed by atoms with Crippen molar-refractivity contribution in [3.05, 3.63) is 66.1 Å². The van der Waals surface area contributed by atoms with Crippen LogP contribution < -0.4 is 0 Å². The van der Waals surface area contributed by atoms with E-state index in [9.17, 15) is 4.79 Å². The maximum Gasteiger partial charge on any atom is 0.255 e. The summed E-state index contributed by atoms with van der Waals surface area (Å²) in [6.45, 7) is 2.59. The summed E-state index contributed by atoms with van der Waals surface area (Å²) in [7, 11) is 0. The summed E-state index contributed by atoms with van der Waals surface area (Å²) in [5.41, 5.74) is 1.48. The number of hydrogen-bond donors (Lipinski definition) is 0. The molecule has 0 radical (unpaired) electrons. The maximum absolute atomic E-state index is 12.9. The molecule has 0 spiro atoms. The summed E-state index contributed by atoms with van der Waals surface area (Å²) in [5.74, 6) is 1.39. The summed E-state index contributed by atoms with van der Waals surface area (Å²) in [4.78, 5) is 27.8. The van der Waals surface area contributed by atoms with Crippen molar-refractivity contribution in [2.75, 3.05) is 6.54 Å². The van der Waals surface area contributed by atoms with Crippen molar-refractivity contribution >= 4 is 5.91 Å². The number of carbonyl (C=O) groups excluding carboxylic acids is 1. The number of carbonyl (C=O) groups is 1. The lowest BCUT2D eigenvalue weighted by molar-refractivity contribution is 0.0732. The molecule has 0 N–H and O–H groups in total. The third-order valence-electron chi connectivity index (χ3n) is 4.39. The zero-order valence-electron chi connectivity index (χ0n) is 13.9. The molecule has 7 heteroatoms. The second-order valence-corrected chi connectivity index (χ2v) is 6.04. The fraction of sp³-hybridized carbons (Fsp3) is 0.278. The quantitative estimate of drug-likeness (QED) is 0.735. The van der Waals surface area contributed by atoms with E-state index in [2.05, 4.69) is 20.1 Å². The largest absolute Gasteiger partial charge is 0.330 e. The molecule has 126 valence electrons. The van der Waals surface area contributed by atoms with Gasteiger partial charge in [0.1, 0.15) is 5.82 Å². The smallest absolute Gasteiger partial charge is 0.255 e. The third kappa shape index (κ3) is 3.00. The van der Waals surface area contributed by atoms with Gasteiger partial charge in [-0.25, -0.2) is 19.6 Å². The first-order chi connectivity index (χ1) is 12.2. The lowest BCUT2D eigenvalue weighted by Crippen LogP contribution is -2.31. The third-order valence-corrected chi connectivity index (χ3v) is 4.39. The summed E-state index contributed by atoms with van der Waals surface area (Å²) in [5, 5.41) is 4.14. The summed E-state index contributed by atoms with van der Waals surface area (Å²) >= 11 is 0. The molecule has 1 unspecified atom stereocenters. The van der Waals surface area contributed by atoms with Gasteiger partial charge in [-0.15, -0.1) is 0 Å². The molecule has 1 saturated heterocycles. The molecule has 1 amide bonds. The Kier molecular flexibility index (Phi) is 3.97. The molecule has 0 saturated carbocycles. The first kappa shape index (κ1) is 15.4. The van der Waals surface area contributed by atoms with E-state index in [4.69, 9.17) is 0 Å².